The molecule has 0 atom stereocenters. The minimum atomic E-state index is 0.100. The molecule has 1 aromatic heterocycles. The molecule has 2 rings (SSSR count). The average Bonchev–Trinajstić information content (AvgIpc) is 2.84. The monoisotopic (exact) mass is 245 g/mol. The summed E-state index contributed by atoms with van der Waals surface area (Å²) in [5.41, 5.74) is 2.40. The molecule has 0 aliphatic carbocycles. The number of rotatable bonds is 6. The fourth-order valence-electron chi connectivity index (χ4n) is 2.01. The minimum Gasteiger partial charge on any atom is -0.361 e. The molecule has 0 fully saturated rings. The third-order valence-corrected chi connectivity index (χ3v) is 2.89. The zero-order valence-electron chi connectivity index (χ0n) is 10.6. The highest BCUT2D eigenvalue weighted by atomic mass is 16.1. The van der Waals surface area contributed by atoms with Crippen molar-refractivity contribution >= 4 is 16.8 Å². The summed E-state index contributed by atoms with van der Waals surface area (Å²) in [6, 6.07) is 8.30. The van der Waals surface area contributed by atoms with E-state index >= 15 is 0 Å². The molecule has 0 unspecified atom stereocenters. The Morgan fingerprint density at radius 2 is 2.22 bits per heavy atom. The number of aromatic nitrogens is 1. The van der Waals surface area contributed by atoms with Gasteiger partial charge in [0.2, 0.25) is 5.91 Å². The third-order valence-electron chi connectivity index (χ3n) is 2.89. The standard InChI is InChI=1S/C14H19N3O/c1-2-16-13(18)7-8-15-10-12-5-3-4-11-6-9-17-14(11)12/h3-6,9,15,17H,2,7-8,10H2,1H3,(H,16,18). The van der Waals surface area contributed by atoms with Crippen LogP contribution in [0.1, 0.15) is 18.9 Å². The van der Waals surface area contributed by atoms with Crippen LogP contribution in [0.5, 0.6) is 0 Å². The van der Waals surface area contributed by atoms with E-state index in [4.69, 9.17) is 0 Å². The fraction of sp³-hybridized carbons (Fsp3) is 0.357. The van der Waals surface area contributed by atoms with Crippen molar-refractivity contribution in [2.75, 3.05) is 13.1 Å². The summed E-state index contributed by atoms with van der Waals surface area (Å²) >= 11 is 0. The normalized spacial score (nSPS) is 10.7. The van der Waals surface area contributed by atoms with Crippen LogP contribution in [0.25, 0.3) is 10.9 Å². The van der Waals surface area contributed by atoms with Gasteiger partial charge in [0, 0.05) is 37.8 Å². The van der Waals surface area contributed by atoms with E-state index in [1.165, 1.54) is 16.5 Å². The van der Waals surface area contributed by atoms with Crippen LogP contribution in [0.3, 0.4) is 0 Å². The van der Waals surface area contributed by atoms with Gasteiger partial charge in [-0.15, -0.1) is 0 Å². The predicted molar refractivity (Wildman–Crippen MR) is 73.3 cm³/mol. The highest BCUT2D eigenvalue weighted by Gasteiger charge is 2.02. The molecule has 4 heteroatoms. The number of H-pyrrole nitrogens is 1. The van der Waals surface area contributed by atoms with Crippen molar-refractivity contribution in [3.05, 3.63) is 36.0 Å². The second-order valence-corrected chi connectivity index (χ2v) is 4.24. The lowest BCUT2D eigenvalue weighted by atomic mass is 10.1. The summed E-state index contributed by atoms with van der Waals surface area (Å²) in [7, 11) is 0. The van der Waals surface area contributed by atoms with E-state index in [0.29, 0.717) is 19.5 Å². The van der Waals surface area contributed by atoms with Crippen LogP contribution in [-0.4, -0.2) is 24.0 Å². The second-order valence-electron chi connectivity index (χ2n) is 4.24. The smallest absolute Gasteiger partial charge is 0.221 e. The molecule has 3 N–H and O–H groups in total. The summed E-state index contributed by atoms with van der Waals surface area (Å²) in [5, 5.41) is 7.30. The number of aromatic amines is 1. The van der Waals surface area contributed by atoms with Gasteiger partial charge in [0.25, 0.3) is 0 Å². The summed E-state index contributed by atoms with van der Waals surface area (Å²) in [4.78, 5) is 14.5. The zero-order valence-corrected chi connectivity index (χ0v) is 10.6. The largest absolute Gasteiger partial charge is 0.361 e. The molecule has 0 aliphatic rings. The van der Waals surface area contributed by atoms with E-state index < -0.39 is 0 Å². The number of carbonyl (C=O) groups excluding carboxylic acids is 1. The molecule has 0 bridgehead atoms. The number of hydrogen-bond acceptors (Lipinski definition) is 2. The Hall–Kier alpha value is -1.81. The van der Waals surface area contributed by atoms with E-state index in [0.717, 1.165) is 6.54 Å². The predicted octanol–water partition coefficient (Wildman–Crippen LogP) is 1.78. The van der Waals surface area contributed by atoms with Gasteiger partial charge >= 0.3 is 0 Å². The number of para-hydroxylation sites is 1. The van der Waals surface area contributed by atoms with Crippen LogP contribution in [0.15, 0.2) is 30.5 Å². The molecule has 0 aliphatic heterocycles. The minimum absolute atomic E-state index is 0.100. The number of hydrogen-bond donors (Lipinski definition) is 3. The Bertz CT molecular complexity index is 518. The van der Waals surface area contributed by atoms with Crippen molar-refractivity contribution < 1.29 is 4.79 Å². The van der Waals surface area contributed by atoms with Crippen LogP contribution < -0.4 is 10.6 Å². The Balaban J connectivity index is 1.83. The SMILES string of the molecule is CCNC(=O)CCNCc1cccc2cc[nH]c12. The van der Waals surface area contributed by atoms with Gasteiger partial charge in [-0.1, -0.05) is 18.2 Å². The van der Waals surface area contributed by atoms with Crippen molar-refractivity contribution in [2.24, 2.45) is 0 Å². The molecule has 1 aromatic carbocycles. The summed E-state index contributed by atoms with van der Waals surface area (Å²) in [6.45, 7) is 4.10. The van der Waals surface area contributed by atoms with Crippen molar-refractivity contribution in [3.8, 4) is 0 Å². The maximum atomic E-state index is 11.3. The maximum absolute atomic E-state index is 11.3. The van der Waals surface area contributed by atoms with E-state index in [9.17, 15) is 4.79 Å². The van der Waals surface area contributed by atoms with Crippen molar-refractivity contribution in [2.45, 2.75) is 19.9 Å². The molecule has 1 amide bonds. The van der Waals surface area contributed by atoms with Gasteiger partial charge in [-0.05, 0) is 23.9 Å². The van der Waals surface area contributed by atoms with E-state index in [1.54, 1.807) is 0 Å². The Morgan fingerprint density at radius 3 is 3.06 bits per heavy atom. The average molecular weight is 245 g/mol. The molecule has 4 nitrogen and oxygen atoms in total. The third kappa shape index (κ3) is 3.11. The molecular formula is C14H19N3O. The van der Waals surface area contributed by atoms with Crippen molar-refractivity contribution in [1.29, 1.82) is 0 Å². The maximum Gasteiger partial charge on any atom is 0.221 e. The quantitative estimate of drug-likeness (QED) is 0.679. The van der Waals surface area contributed by atoms with E-state index in [1.807, 2.05) is 13.1 Å². The lowest BCUT2D eigenvalue weighted by Crippen LogP contribution is -2.27. The zero-order chi connectivity index (χ0) is 12.8. The van der Waals surface area contributed by atoms with Crippen LogP contribution in [-0.2, 0) is 11.3 Å². The Morgan fingerprint density at radius 1 is 1.33 bits per heavy atom. The molecule has 0 saturated heterocycles. The number of carbonyl (C=O) groups is 1. The van der Waals surface area contributed by atoms with Gasteiger partial charge in [0.15, 0.2) is 0 Å². The van der Waals surface area contributed by atoms with E-state index in [-0.39, 0.29) is 5.91 Å². The van der Waals surface area contributed by atoms with Crippen molar-refractivity contribution in [3.63, 3.8) is 0 Å². The van der Waals surface area contributed by atoms with Crippen LogP contribution >= 0.6 is 0 Å². The number of benzene rings is 1. The van der Waals surface area contributed by atoms with Gasteiger partial charge < -0.3 is 15.6 Å². The Labute approximate surface area is 107 Å². The molecule has 2 aromatic rings. The Kier molecular flexibility index (Phi) is 4.36. The first-order valence-electron chi connectivity index (χ1n) is 6.33. The van der Waals surface area contributed by atoms with Gasteiger partial charge in [0.05, 0.1) is 0 Å². The molecule has 0 radical (unpaired) electrons. The number of fused-ring (bicyclic) bond motifs is 1. The molecule has 0 saturated carbocycles. The molecule has 96 valence electrons. The molecule has 1 heterocycles. The van der Waals surface area contributed by atoms with Crippen LogP contribution in [0, 0.1) is 0 Å². The van der Waals surface area contributed by atoms with Crippen LogP contribution in [0.2, 0.25) is 0 Å². The van der Waals surface area contributed by atoms with Gasteiger partial charge in [0.1, 0.15) is 0 Å². The molecule has 18 heavy (non-hydrogen) atoms. The lowest BCUT2D eigenvalue weighted by molar-refractivity contribution is -0.120. The highest BCUT2D eigenvalue weighted by Crippen LogP contribution is 2.16. The fourth-order valence-corrected chi connectivity index (χ4v) is 2.01. The van der Waals surface area contributed by atoms with Crippen LogP contribution in [0.4, 0.5) is 0 Å². The highest BCUT2D eigenvalue weighted by molar-refractivity contribution is 5.82. The van der Waals surface area contributed by atoms with Gasteiger partial charge in [-0.2, -0.15) is 0 Å². The van der Waals surface area contributed by atoms with Gasteiger partial charge in [-0.25, -0.2) is 0 Å². The first-order valence-corrected chi connectivity index (χ1v) is 6.33. The lowest BCUT2D eigenvalue weighted by Gasteiger charge is -2.06. The topological polar surface area (TPSA) is 56.9 Å². The molecular weight excluding hydrogens is 226 g/mol. The second kappa shape index (κ2) is 6.21. The van der Waals surface area contributed by atoms with Gasteiger partial charge in [-0.3, -0.25) is 4.79 Å². The first kappa shape index (κ1) is 12.6. The first-order chi connectivity index (χ1) is 8.81. The summed E-state index contributed by atoms with van der Waals surface area (Å²) < 4.78 is 0. The summed E-state index contributed by atoms with van der Waals surface area (Å²) in [5.74, 6) is 0.100. The van der Waals surface area contributed by atoms with Crippen molar-refractivity contribution in [1.82, 2.24) is 15.6 Å². The number of amides is 1. The van der Waals surface area contributed by atoms with E-state index in [2.05, 4.69) is 39.9 Å². The number of nitrogens with one attached hydrogen (secondary N) is 3. The molecule has 0 spiro atoms. The summed E-state index contributed by atoms with van der Waals surface area (Å²) in [6.07, 6.45) is 2.47.